The van der Waals surface area contributed by atoms with Crippen molar-refractivity contribution < 1.29 is 24.2 Å². The van der Waals surface area contributed by atoms with Gasteiger partial charge in [-0.25, -0.2) is 0 Å². The number of benzene rings is 4. The predicted octanol–water partition coefficient (Wildman–Crippen LogP) is 10.8. The normalized spacial score (nSPS) is 14.1. The van der Waals surface area contributed by atoms with Crippen molar-refractivity contribution in [2.45, 2.75) is 78.6 Å². The van der Waals surface area contributed by atoms with Gasteiger partial charge < -0.3 is 0 Å². The number of hydrogen-bond acceptors (Lipinski definition) is 0. The van der Waals surface area contributed by atoms with Gasteiger partial charge >= 0.3 is 269 Å². The van der Waals surface area contributed by atoms with E-state index in [0.29, 0.717) is 0 Å². The third kappa shape index (κ3) is 5.24. The van der Waals surface area contributed by atoms with Crippen molar-refractivity contribution in [3.63, 3.8) is 0 Å². The molecule has 0 radical (unpaired) electrons. The van der Waals surface area contributed by atoms with Crippen LogP contribution in [0, 0.1) is 0 Å². The van der Waals surface area contributed by atoms with Gasteiger partial charge in [0.25, 0.3) is 0 Å². The molecule has 0 saturated carbocycles. The van der Waals surface area contributed by atoms with Crippen LogP contribution in [-0.4, -0.2) is 3.21 Å². The van der Waals surface area contributed by atoms with Crippen LogP contribution < -0.4 is 0 Å². The van der Waals surface area contributed by atoms with Crippen molar-refractivity contribution in [3.8, 4) is 33.4 Å². The van der Waals surface area contributed by atoms with Crippen LogP contribution in [0.5, 0.6) is 0 Å². The molecule has 0 saturated heterocycles. The molecule has 2 aliphatic carbocycles. The van der Waals surface area contributed by atoms with E-state index in [1.807, 2.05) is 0 Å². The SMILES string of the molecule is C[C](=[Zr])Cc1c2c(c(C3=CC=CC3)c(C(C)(C)C)c1-c1ccccc1)-c1cc(C(C)(C)C)c(-c3ccccc3)cc1C2. The van der Waals surface area contributed by atoms with Crippen molar-refractivity contribution in [2.24, 2.45) is 0 Å². The average Bonchev–Trinajstić information content (AvgIpc) is 3.60. The Hall–Kier alpha value is -2.89. The van der Waals surface area contributed by atoms with Crippen LogP contribution in [0.15, 0.2) is 91.0 Å². The third-order valence-corrected chi connectivity index (χ3v) is 9.27. The molecule has 0 amide bonds. The van der Waals surface area contributed by atoms with Gasteiger partial charge in [0, 0.05) is 0 Å². The molecule has 0 bridgehead atoms. The van der Waals surface area contributed by atoms with Gasteiger partial charge in [0.2, 0.25) is 0 Å². The third-order valence-electron chi connectivity index (χ3n) is 8.84. The van der Waals surface area contributed by atoms with E-state index < -0.39 is 0 Å². The van der Waals surface area contributed by atoms with Crippen molar-refractivity contribution in [1.82, 2.24) is 0 Å². The number of fused-ring (bicyclic) bond motifs is 3. The molecule has 0 unspecified atom stereocenters. The van der Waals surface area contributed by atoms with Crippen LogP contribution in [0.4, 0.5) is 0 Å². The fraction of sp³-hybridized carbons (Fsp3) is 0.293. The topological polar surface area (TPSA) is 0 Å². The van der Waals surface area contributed by atoms with Crippen LogP contribution >= 0.6 is 0 Å². The zero-order valence-corrected chi connectivity index (χ0v) is 28.7. The Balaban J connectivity index is 1.77. The molecule has 0 nitrogen and oxygen atoms in total. The van der Waals surface area contributed by atoms with Crippen LogP contribution in [0.2, 0.25) is 0 Å². The van der Waals surface area contributed by atoms with E-state index in [9.17, 15) is 0 Å². The fourth-order valence-electron chi connectivity index (χ4n) is 7.12. The second-order valence-electron chi connectivity index (χ2n) is 14.2. The van der Waals surface area contributed by atoms with E-state index in [1.54, 1.807) is 14.3 Å². The molecule has 2 aliphatic rings. The molecule has 1 heteroatoms. The Morgan fingerprint density at radius 3 is 1.93 bits per heavy atom. The first-order valence-corrected chi connectivity index (χ1v) is 16.6. The maximum atomic E-state index is 2.57. The Morgan fingerprint density at radius 2 is 1.38 bits per heavy atom. The summed E-state index contributed by atoms with van der Waals surface area (Å²) in [6.07, 6.45) is 9.99. The summed E-state index contributed by atoms with van der Waals surface area (Å²) >= 11 is 1.53. The molecular formula is C41H42Zr. The fourth-order valence-corrected chi connectivity index (χ4v) is 7.56. The molecule has 210 valence electrons. The minimum atomic E-state index is -0.0254. The molecule has 4 aromatic rings. The molecule has 0 aromatic heterocycles. The second-order valence-corrected chi connectivity index (χ2v) is 16.3. The molecule has 42 heavy (non-hydrogen) atoms. The summed E-state index contributed by atoms with van der Waals surface area (Å²) in [7, 11) is 0. The second kappa shape index (κ2) is 11.0. The van der Waals surface area contributed by atoms with Gasteiger partial charge in [-0.15, -0.1) is 0 Å². The van der Waals surface area contributed by atoms with Crippen molar-refractivity contribution in [1.29, 1.82) is 0 Å². The zero-order valence-electron chi connectivity index (χ0n) is 26.3. The van der Waals surface area contributed by atoms with E-state index >= 15 is 0 Å². The summed E-state index contributed by atoms with van der Waals surface area (Å²) in [5.74, 6) is 0. The number of rotatable bonds is 5. The number of allylic oxidation sites excluding steroid dienone is 4. The first kappa shape index (κ1) is 29.2. The molecule has 0 heterocycles. The van der Waals surface area contributed by atoms with Crippen molar-refractivity contribution in [2.75, 3.05) is 0 Å². The summed E-state index contributed by atoms with van der Waals surface area (Å²) in [6.45, 7) is 16.7. The molecule has 0 aliphatic heterocycles. The summed E-state index contributed by atoms with van der Waals surface area (Å²) < 4.78 is 1.55. The van der Waals surface area contributed by atoms with E-state index in [1.165, 1.54) is 85.4 Å². The van der Waals surface area contributed by atoms with Gasteiger partial charge in [-0.3, -0.25) is 0 Å². The Morgan fingerprint density at radius 1 is 0.738 bits per heavy atom. The average molecular weight is 626 g/mol. The maximum absolute atomic E-state index is 2.57. The Kier molecular flexibility index (Phi) is 7.64. The van der Waals surface area contributed by atoms with Gasteiger partial charge in [-0.2, -0.15) is 0 Å². The standard InChI is InChI=1S/C41H42.Zr/c1-8-17-31-34-25-30-24-32(27-18-11-9-12-19-27)35(40(2,3)4)26-33(30)38(34)37(29-22-15-16-23-29)39(41(5,6)7)36(31)28-20-13-10-14-21-28;/h9-16,18-22,24,26H,17,23,25H2,1-7H3;. The summed E-state index contributed by atoms with van der Waals surface area (Å²) in [5, 5.41) is 0. The monoisotopic (exact) mass is 624 g/mol. The predicted molar refractivity (Wildman–Crippen MR) is 179 cm³/mol. The Bertz CT molecular complexity index is 1750. The van der Waals surface area contributed by atoms with Gasteiger partial charge in [-0.05, 0) is 0 Å². The minimum absolute atomic E-state index is 0.0222. The summed E-state index contributed by atoms with van der Waals surface area (Å²) in [6, 6.07) is 27.3. The van der Waals surface area contributed by atoms with E-state index in [-0.39, 0.29) is 10.8 Å². The van der Waals surface area contributed by atoms with Crippen molar-refractivity contribution >= 4 is 8.78 Å². The molecule has 6 rings (SSSR count). The van der Waals surface area contributed by atoms with Gasteiger partial charge in [0.05, 0.1) is 0 Å². The molecule has 0 atom stereocenters. The molecule has 0 N–H and O–H groups in total. The summed E-state index contributed by atoms with van der Waals surface area (Å²) in [4.78, 5) is 0. The van der Waals surface area contributed by atoms with Crippen molar-refractivity contribution in [3.05, 3.63) is 124 Å². The molecular weight excluding hydrogens is 584 g/mol. The first-order chi connectivity index (χ1) is 19.9. The van der Waals surface area contributed by atoms with E-state index in [2.05, 4.69) is 139 Å². The van der Waals surface area contributed by atoms with E-state index in [4.69, 9.17) is 0 Å². The van der Waals surface area contributed by atoms with Crippen LogP contribution in [0.1, 0.15) is 88.3 Å². The van der Waals surface area contributed by atoms with Gasteiger partial charge in [0.15, 0.2) is 0 Å². The zero-order chi connectivity index (χ0) is 29.8. The molecule has 0 spiro atoms. The molecule has 4 aromatic carbocycles. The summed E-state index contributed by atoms with van der Waals surface area (Å²) in [5.41, 5.74) is 18.9. The van der Waals surface area contributed by atoms with Crippen LogP contribution in [0.3, 0.4) is 0 Å². The van der Waals surface area contributed by atoms with Gasteiger partial charge in [-0.1, -0.05) is 0 Å². The molecule has 0 fully saturated rings. The first-order valence-electron chi connectivity index (χ1n) is 15.4. The Labute approximate surface area is 267 Å². The van der Waals surface area contributed by atoms with Crippen LogP contribution in [-0.2, 0) is 47.9 Å². The van der Waals surface area contributed by atoms with Crippen LogP contribution in [0.25, 0.3) is 39.0 Å². The number of hydrogen-bond donors (Lipinski definition) is 0. The quantitative estimate of drug-likeness (QED) is 0.182. The van der Waals surface area contributed by atoms with Gasteiger partial charge in [0.1, 0.15) is 0 Å². The van der Waals surface area contributed by atoms with E-state index in [0.717, 1.165) is 19.3 Å².